The lowest BCUT2D eigenvalue weighted by Gasteiger charge is -2.26. The Hall–Kier alpha value is -3.40. The van der Waals surface area contributed by atoms with Crippen LogP contribution in [0.5, 0.6) is 5.75 Å². The molecule has 0 bridgehead atoms. The second-order valence-electron chi connectivity index (χ2n) is 7.74. The van der Waals surface area contributed by atoms with Crippen molar-refractivity contribution in [1.29, 1.82) is 0 Å². The summed E-state index contributed by atoms with van der Waals surface area (Å²) in [5.74, 6) is 1.75. The van der Waals surface area contributed by atoms with Gasteiger partial charge in [0.2, 0.25) is 11.4 Å². The number of nitrogens with one attached hydrogen (secondary N) is 3. The van der Waals surface area contributed by atoms with Gasteiger partial charge in [0.1, 0.15) is 17.3 Å². The third kappa shape index (κ3) is 5.00. The molecule has 0 spiro atoms. The number of benzene rings is 1. The first kappa shape index (κ1) is 22.8. The molecule has 1 saturated carbocycles. The third-order valence-corrected chi connectivity index (χ3v) is 6.67. The molecule has 1 amide bonds. The van der Waals surface area contributed by atoms with Gasteiger partial charge in [-0.3, -0.25) is 14.4 Å². The van der Waals surface area contributed by atoms with E-state index in [1.807, 2.05) is 6.92 Å². The van der Waals surface area contributed by atoms with E-state index in [1.165, 1.54) is 25.1 Å². The number of hydrogen-bond acceptors (Lipinski definition) is 9. The maximum Gasteiger partial charge on any atom is 0.251 e. The largest absolute Gasteiger partial charge is 0.495 e. The zero-order valence-corrected chi connectivity index (χ0v) is 19.3. The Labute approximate surface area is 195 Å². The fourth-order valence-electron chi connectivity index (χ4n) is 3.32. The highest BCUT2D eigenvalue weighted by Gasteiger charge is 2.22. The minimum Gasteiger partial charge on any atom is -0.495 e. The van der Waals surface area contributed by atoms with E-state index in [-0.39, 0.29) is 23.6 Å². The van der Waals surface area contributed by atoms with Crippen molar-refractivity contribution in [3.63, 3.8) is 0 Å². The van der Waals surface area contributed by atoms with Crippen molar-refractivity contribution < 1.29 is 9.53 Å². The van der Waals surface area contributed by atoms with Gasteiger partial charge in [-0.15, -0.1) is 11.8 Å². The third-order valence-electron chi connectivity index (χ3n) is 5.38. The molecular weight excluding hydrogens is 442 g/mol. The number of ether oxygens (including phenoxy) is 1. The van der Waals surface area contributed by atoms with Gasteiger partial charge in [-0.2, -0.15) is 4.98 Å². The Bertz CT molecular complexity index is 1230. The molecule has 3 N–H and O–H groups in total. The standard InChI is InChI=1S/C23H25N5O4S/c1-3-11-33-21-18(19(29)20(21)30)27-17-9-10-24-23(28-17)26-15-8-7-13(12-16(15)32-2)22(31)25-14-5-4-6-14/h7-10,12,14H,3-6,11H2,1-2H3,(H,25,31)(H2,24,26,27,28). The number of aromatic nitrogens is 2. The summed E-state index contributed by atoms with van der Waals surface area (Å²) in [6.07, 6.45) is 5.60. The van der Waals surface area contributed by atoms with Crippen LogP contribution in [0.1, 0.15) is 43.0 Å². The Balaban J connectivity index is 1.48. The summed E-state index contributed by atoms with van der Waals surface area (Å²) in [4.78, 5) is 45.3. The van der Waals surface area contributed by atoms with Crippen molar-refractivity contribution in [2.24, 2.45) is 0 Å². The van der Waals surface area contributed by atoms with Crippen LogP contribution in [0.2, 0.25) is 0 Å². The molecule has 3 aromatic rings. The first-order chi connectivity index (χ1) is 16.0. The number of anilines is 4. The molecule has 1 aromatic heterocycles. The van der Waals surface area contributed by atoms with E-state index in [2.05, 4.69) is 25.9 Å². The Morgan fingerprint density at radius 2 is 2.00 bits per heavy atom. The maximum absolute atomic E-state index is 12.4. The van der Waals surface area contributed by atoms with Gasteiger partial charge in [0.25, 0.3) is 11.3 Å². The fraction of sp³-hybridized carbons (Fsp3) is 0.348. The van der Waals surface area contributed by atoms with Crippen molar-refractivity contribution in [2.75, 3.05) is 23.5 Å². The molecule has 1 aliphatic carbocycles. The monoisotopic (exact) mass is 467 g/mol. The van der Waals surface area contributed by atoms with Crippen molar-refractivity contribution in [3.8, 4) is 5.75 Å². The lowest BCUT2D eigenvalue weighted by Crippen LogP contribution is -2.39. The molecule has 172 valence electrons. The minimum absolute atomic E-state index is 0.128. The predicted molar refractivity (Wildman–Crippen MR) is 129 cm³/mol. The highest BCUT2D eigenvalue weighted by atomic mass is 32.2. The average Bonchev–Trinajstić information content (AvgIpc) is 2.81. The first-order valence-electron chi connectivity index (χ1n) is 10.8. The van der Waals surface area contributed by atoms with Crippen LogP contribution in [0, 0.1) is 0 Å². The number of amides is 1. The molecule has 0 unspecified atom stereocenters. The van der Waals surface area contributed by atoms with Crippen LogP contribution in [-0.2, 0) is 0 Å². The first-order valence-corrected chi connectivity index (χ1v) is 11.8. The van der Waals surface area contributed by atoms with E-state index in [0.717, 1.165) is 31.4 Å². The summed E-state index contributed by atoms with van der Waals surface area (Å²) in [5, 5.41) is 9.02. The molecule has 0 saturated heterocycles. The van der Waals surface area contributed by atoms with Gasteiger partial charge < -0.3 is 20.7 Å². The zero-order chi connectivity index (χ0) is 23.4. The van der Waals surface area contributed by atoms with Crippen molar-refractivity contribution in [3.05, 3.63) is 56.5 Å². The van der Waals surface area contributed by atoms with Crippen molar-refractivity contribution in [2.45, 2.75) is 43.5 Å². The predicted octanol–water partition coefficient (Wildman–Crippen LogP) is 3.35. The molecule has 2 aromatic carbocycles. The Kier molecular flexibility index (Phi) is 6.93. The number of methoxy groups -OCH3 is 1. The molecule has 0 aliphatic heterocycles. The highest BCUT2D eigenvalue weighted by molar-refractivity contribution is 7.99. The van der Waals surface area contributed by atoms with Crippen molar-refractivity contribution >= 4 is 40.8 Å². The maximum atomic E-state index is 12.4. The number of carbonyl (C=O) groups excluding carboxylic acids is 1. The number of thioether (sulfide) groups is 1. The quantitative estimate of drug-likeness (QED) is 0.304. The lowest BCUT2D eigenvalue weighted by atomic mass is 9.93. The summed E-state index contributed by atoms with van der Waals surface area (Å²) in [5.41, 5.74) is 0.359. The molecule has 33 heavy (non-hydrogen) atoms. The van der Waals surface area contributed by atoms with E-state index >= 15 is 0 Å². The second kappa shape index (κ2) is 10.0. The van der Waals surface area contributed by atoms with Gasteiger partial charge in [-0.1, -0.05) is 6.92 Å². The molecular formula is C23H25N5O4S. The van der Waals surface area contributed by atoms with Gasteiger partial charge in [0, 0.05) is 17.8 Å². The van der Waals surface area contributed by atoms with E-state index in [4.69, 9.17) is 4.74 Å². The molecule has 1 aliphatic rings. The fourth-order valence-corrected chi connectivity index (χ4v) is 4.24. The van der Waals surface area contributed by atoms with E-state index < -0.39 is 10.9 Å². The zero-order valence-electron chi connectivity index (χ0n) is 18.4. The number of nitrogens with zero attached hydrogens (tertiary/aromatic N) is 2. The second-order valence-corrected chi connectivity index (χ2v) is 8.85. The summed E-state index contributed by atoms with van der Waals surface area (Å²) in [6.45, 7) is 2.01. The number of hydrogen-bond donors (Lipinski definition) is 3. The number of carbonyl (C=O) groups is 1. The van der Waals surface area contributed by atoms with Crippen LogP contribution in [-0.4, -0.2) is 34.8 Å². The smallest absolute Gasteiger partial charge is 0.251 e. The average molecular weight is 468 g/mol. The van der Waals surface area contributed by atoms with Crippen LogP contribution in [0.4, 0.5) is 23.1 Å². The molecule has 10 heteroatoms. The molecule has 9 nitrogen and oxygen atoms in total. The van der Waals surface area contributed by atoms with Gasteiger partial charge in [-0.25, -0.2) is 4.98 Å². The summed E-state index contributed by atoms with van der Waals surface area (Å²) in [7, 11) is 1.52. The summed E-state index contributed by atoms with van der Waals surface area (Å²) >= 11 is 1.36. The van der Waals surface area contributed by atoms with Crippen LogP contribution in [0.3, 0.4) is 0 Å². The lowest BCUT2D eigenvalue weighted by molar-refractivity contribution is 0.0916. The minimum atomic E-state index is -0.542. The van der Waals surface area contributed by atoms with Crippen LogP contribution in [0.15, 0.2) is 44.9 Å². The van der Waals surface area contributed by atoms with Gasteiger partial charge in [0.15, 0.2) is 0 Å². The molecule has 4 rings (SSSR count). The van der Waals surface area contributed by atoms with Gasteiger partial charge >= 0.3 is 0 Å². The highest BCUT2D eigenvalue weighted by Crippen LogP contribution is 2.29. The summed E-state index contributed by atoms with van der Waals surface area (Å²) in [6, 6.07) is 6.97. The molecule has 1 fully saturated rings. The normalized spacial score (nSPS) is 13.4. The van der Waals surface area contributed by atoms with Crippen molar-refractivity contribution in [1.82, 2.24) is 15.3 Å². The summed E-state index contributed by atoms with van der Waals surface area (Å²) < 4.78 is 5.45. The van der Waals surface area contributed by atoms with Crippen LogP contribution in [0.25, 0.3) is 0 Å². The van der Waals surface area contributed by atoms with E-state index in [0.29, 0.717) is 27.7 Å². The topological polar surface area (TPSA) is 122 Å². The molecule has 0 radical (unpaired) electrons. The van der Waals surface area contributed by atoms with E-state index in [9.17, 15) is 14.4 Å². The van der Waals surface area contributed by atoms with Gasteiger partial charge in [0.05, 0.1) is 17.7 Å². The number of rotatable bonds is 10. The van der Waals surface area contributed by atoms with Gasteiger partial charge in [-0.05, 0) is 55.7 Å². The van der Waals surface area contributed by atoms with Crippen LogP contribution >= 0.6 is 11.8 Å². The molecule has 1 heterocycles. The SMILES string of the molecule is CCCSc1c(Nc2ccnc(Nc3ccc(C(=O)NC4CCC4)cc3OC)n2)c(=O)c1=O. The Morgan fingerprint density at radius 3 is 2.70 bits per heavy atom. The molecule has 0 atom stereocenters. The van der Waals surface area contributed by atoms with Crippen LogP contribution < -0.4 is 31.5 Å². The Morgan fingerprint density at radius 1 is 1.18 bits per heavy atom. The van der Waals surface area contributed by atoms with E-state index in [1.54, 1.807) is 24.3 Å².